The van der Waals surface area contributed by atoms with E-state index in [9.17, 15) is 0 Å². The standard InChI is InChI=1S/C10H17N3/c1-3-9-4-6-10(7-5-9)12-13(2)8-11/h4-7,12H,3,8,11H2,1-2H3. The summed E-state index contributed by atoms with van der Waals surface area (Å²) in [4.78, 5) is 0. The van der Waals surface area contributed by atoms with Crippen LogP contribution in [0.1, 0.15) is 12.5 Å². The van der Waals surface area contributed by atoms with Crippen molar-refractivity contribution in [3.05, 3.63) is 29.8 Å². The monoisotopic (exact) mass is 179 g/mol. The number of benzene rings is 1. The van der Waals surface area contributed by atoms with Crippen molar-refractivity contribution in [3.63, 3.8) is 0 Å². The van der Waals surface area contributed by atoms with Crippen LogP contribution in [-0.2, 0) is 6.42 Å². The Labute approximate surface area is 79.5 Å². The van der Waals surface area contributed by atoms with Gasteiger partial charge < -0.3 is 11.2 Å². The van der Waals surface area contributed by atoms with Crippen molar-refractivity contribution < 1.29 is 0 Å². The Kier molecular flexibility index (Phi) is 3.73. The summed E-state index contributed by atoms with van der Waals surface area (Å²) in [6, 6.07) is 8.36. The Morgan fingerprint density at radius 1 is 1.31 bits per heavy atom. The van der Waals surface area contributed by atoms with E-state index in [2.05, 4.69) is 36.6 Å². The molecule has 0 aliphatic heterocycles. The van der Waals surface area contributed by atoms with Crippen LogP contribution in [0, 0.1) is 0 Å². The Morgan fingerprint density at radius 3 is 2.38 bits per heavy atom. The minimum Gasteiger partial charge on any atom is -0.318 e. The van der Waals surface area contributed by atoms with Gasteiger partial charge in [0.05, 0.1) is 6.67 Å². The van der Waals surface area contributed by atoms with Gasteiger partial charge in [0.1, 0.15) is 0 Å². The molecule has 1 aromatic carbocycles. The van der Waals surface area contributed by atoms with E-state index >= 15 is 0 Å². The highest BCUT2D eigenvalue weighted by Crippen LogP contribution is 2.09. The number of nitrogens with one attached hydrogen (secondary N) is 1. The van der Waals surface area contributed by atoms with Gasteiger partial charge in [-0.25, -0.2) is 5.01 Å². The number of hydrazine groups is 1. The van der Waals surface area contributed by atoms with E-state index in [4.69, 9.17) is 5.73 Å². The van der Waals surface area contributed by atoms with E-state index in [0.717, 1.165) is 12.1 Å². The van der Waals surface area contributed by atoms with Gasteiger partial charge >= 0.3 is 0 Å². The highest BCUT2D eigenvalue weighted by Gasteiger charge is 1.94. The number of hydrogen-bond donors (Lipinski definition) is 2. The summed E-state index contributed by atoms with van der Waals surface area (Å²) >= 11 is 0. The lowest BCUT2D eigenvalue weighted by Gasteiger charge is -2.16. The Balaban J connectivity index is 2.58. The van der Waals surface area contributed by atoms with Gasteiger partial charge in [0.25, 0.3) is 0 Å². The molecule has 1 aromatic rings. The Morgan fingerprint density at radius 2 is 1.92 bits per heavy atom. The lowest BCUT2D eigenvalue weighted by molar-refractivity contribution is 0.415. The molecule has 0 spiro atoms. The van der Waals surface area contributed by atoms with E-state index in [1.54, 1.807) is 0 Å². The molecule has 0 aromatic heterocycles. The Hall–Kier alpha value is -1.06. The van der Waals surface area contributed by atoms with Crippen LogP contribution < -0.4 is 11.2 Å². The van der Waals surface area contributed by atoms with Crippen LogP contribution in [0.25, 0.3) is 0 Å². The number of nitrogens with two attached hydrogens (primary N) is 1. The quantitative estimate of drug-likeness (QED) is 0.542. The van der Waals surface area contributed by atoms with Crippen LogP contribution in [0.5, 0.6) is 0 Å². The van der Waals surface area contributed by atoms with Crippen LogP contribution >= 0.6 is 0 Å². The number of hydrogen-bond acceptors (Lipinski definition) is 3. The summed E-state index contributed by atoms with van der Waals surface area (Å²) in [5.41, 5.74) is 11.0. The molecule has 3 heteroatoms. The van der Waals surface area contributed by atoms with E-state index < -0.39 is 0 Å². The topological polar surface area (TPSA) is 41.3 Å². The Bertz CT molecular complexity index is 243. The molecule has 3 N–H and O–H groups in total. The molecule has 72 valence electrons. The lowest BCUT2D eigenvalue weighted by atomic mass is 10.2. The molecule has 0 aliphatic carbocycles. The number of aryl methyl sites for hydroxylation is 1. The van der Waals surface area contributed by atoms with Crippen LogP contribution in [0.4, 0.5) is 5.69 Å². The highest BCUT2D eigenvalue weighted by molar-refractivity contribution is 5.43. The maximum atomic E-state index is 5.44. The normalized spacial score (nSPS) is 10.5. The molecule has 0 bridgehead atoms. The molecule has 3 nitrogen and oxygen atoms in total. The van der Waals surface area contributed by atoms with Gasteiger partial charge in [-0.1, -0.05) is 19.1 Å². The van der Waals surface area contributed by atoms with Gasteiger partial charge in [-0.3, -0.25) is 0 Å². The SMILES string of the molecule is CCc1ccc(NN(C)CN)cc1. The highest BCUT2D eigenvalue weighted by atomic mass is 15.5. The van der Waals surface area contributed by atoms with Crippen molar-refractivity contribution in [1.82, 2.24) is 5.01 Å². The molecule has 0 amide bonds. The molecular weight excluding hydrogens is 162 g/mol. The lowest BCUT2D eigenvalue weighted by Crippen LogP contribution is -2.31. The van der Waals surface area contributed by atoms with Gasteiger partial charge in [-0.05, 0) is 24.1 Å². The van der Waals surface area contributed by atoms with Gasteiger partial charge in [0.15, 0.2) is 0 Å². The second kappa shape index (κ2) is 4.84. The fraction of sp³-hybridized carbons (Fsp3) is 0.400. The first-order valence-electron chi connectivity index (χ1n) is 4.53. The molecule has 0 saturated carbocycles. The first-order chi connectivity index (χ1) is 6.26. The van der Waals surface area contributed by atoms with Crippen LogP contribution in [-0.4, -0.2) is 18.7 Å². The van der Waals surface area contributed by atoms with E-state index in [-0.39, 0.29) is 0 Å². The average molecular weight is 179 g/mol. The zero-order chi connectivity index (χ0) is 9.68. The number of nitrogens with zero attached hydrogens (tertiary/aromatic N) is 1. The third-order valence-corrected chi connectivity index (χ3v) is 1.96. The predicted molar refractivity (Wildman–Crippen MR) is 56.3 cm³/mol. The molecule has 0 unspecified atom stereocenters. The summed E-state index contributed by atoms with van der Waals surface area (Å²) < 4.78 is 0. The number of rotatable bonds is 4. The molecule has 0 atom stereocenters. The van der Waals surface area contributed by atoms with E-state index in [1.165, 1.54) is 5.56 Å². The van der Waals surface area contributed by atoms with Crippen molar-refractivity contribution in [2.24, 2.45) is 5.73 Å². The molecule has 0 radical (unpaired) electrons. The fourth-order valence-electron chi connectivity index (χ4n) is 1.08. The second-order valence-electron chi connectivity index (χ2n) is 3.04. The minimum absolute atomic E-state index is 0.496. The van der Waals surface area contributed by atoms with Crippen molar-refractivity contribution in [1.29, 1.82) is 0 Å². The number of anilines is 1. The van der Waals surface area contributed by atoms with Gasteiger partial charge in [0, 0.05) is 12.7 Å². The van der Waals surface area contributed by atoms with Crippen molar-refractivity contribution in [2.75, 3.05) is 19.1 Å². The first-order valence-corrected chi connectivity index (χ1v) is 4.53. The van der Waals surface area contributed by atoms with Crippen LogP contribution in [0.2, 0.25) is 0 Å². The summed E-state index contributed by atoms with van der Waals surface area (Å²) in [5, 5.41) is 1.83. The molecular formula is C10H17N3. The molecule has 13 heavy (non-hydrogen) atoms. The van der Waals surface area contributed by atoms with Crippen molar-refractivity contribution in [2.45, 2.75) is 13.3 Å². The van der Waals surface area contributed by atoms with Gasteiger partial charge in [-0.2, -0.15) is 0 Å². The first kappa shape index (κ1) is 10.0. The average Bonchev–Trinajstić information content (AvgIpc) is 2.19. The molecule has 0 fully saturated rings. The van der Waals surface area contributed by atoms with E-state index in [1.807, 2.05) is 12.1 Å². The van der Waals surface area contributed by atoms with Crippen LogP contribution in [0.15, 0.2) is 24.3 Å². The smallest absolute Gasteiger partial charge is 0.0641 e. The third kappa shape index (κ3) is 3.05. The minimum atomic E-state index is 0.496. The second-order valence-corrected chi connectivity index (χ2v) is 3.04. The summed E-state index contributed by atoms with van der Waals surface area (Å²) in [7, 11) is 1.91. The molecule has 0 aliphatic rings. The van der Waals surface area contributed by atoms with E-state index in [0.29, 0.717) is 6.67 Å². The zero-order valence-corrected chi connectivity index (χ0v) is 8.25. The van der Waals surface area contributed by atoms with Crippen LogP contribution in [0.3, 0.4) is 0 Å². The third-order valence-electron chi connectivity index (χ3n) is 1.96. The largest absolute Gasteiger partial charge is 0.318 e. The summed E-state index contributed by atoms with van der Waals surface area (Å²) in [5.74, 6) is 0. The molecule has 0 saturated heterocycles. The zero-order valence-electron chi connectivity index (χ0n) is 8.25. The van der Waals surface area contributed by atoms with Crippen molar-refractivity contribution >= 4 is 5.69 Å². The summed E-state index contributed by atoms with van der Waals surface area (Å²) in [6.45, 7) is 2.64. The van der Waals surface area contributed by atoms with Gasteiger partial charge in [-0.15, -0.1) is 0 Å². The van der Waals surface area contributed by atoms with Gasteiger partial charge in [0.2, 0.25) is 0 Å². The maximum absolute atomic E-state index is 5.44. The van der Waals surface area contributed by atoms with Crippen molar-refractivity contribution in [3.8, 4) is 0 Å². The maximum Gasteiger partial charge on any atom is 0.0641 e. The predicted octanol–water partition coefficient (Wildman–Crippen LogP) is 1.42. The summed E-state index contributed by atoms with van der Waals surface area (Å²) in [6.07, 6.45) is 1.08. The molecule has 1 rings (SSSR count). The fourth-order valence-corrected chi connectivity index (χ4v) is 1.08. The molecule has 0 heterocycles.